The number of carboxylic acids is 1. The van der Waals surface area contributed by atoms with E-state index in [2.05, 4.69) is 47.4 Å². The second-order valence-electron chi connectivity index (χ2n) is 7.46. The van der Waals surface area contributed by atoms with Crippen molar-refractivity contribution in [3.63, 3.8) is 0 Å². The van der Waals surface area contributed by atoms with Crippen LogP contribution in [-0.4, -0.2) is 34.6 Å². The van der Waals surface area contributed by atoms with Gasteiger partial charge in [-0.15, -0.1) is 0 Å². The minimum Gasteiger partial charge on any atom is -0.480 e. The average molecular weight is 359 g/mol. The van der Waals surface area contributed by atoms with Gasteiger partial charge in [-0.05, 0) is 41.9 Å². The number of piperidine rings is 1. The number of carbonyl (C=O) groups is 1. The lowest BCUT2D eigenvalue weighted by molar-refractivity contribution is -0.149. The topological polar surface area (TPSA) is 40.5 Å². The number of hydrogen-bond acceptors (Lipinski definition) is 2. The van der Waals surface area contributed by atoms with E-state index in [1.807, 2.05) is 36.4 Å². The third-order valence-corrected chi connectivity index (χ3v) is 5.98. The van der Waals surface area contributed by atoms with E-state index < -0.39 is 11.5 Å². The van der Waals surface area contributed by atoms with Gasteiger partial charge < -0.3 is 5.11 Å². The smallest absolute Gasteiger partial charge is 0.328 e. The van der Waals surface area contributed by atoms with Crippen molar-refractivity contribution in [1.29, 1.82) is 0 Å². The number of nitrogens with zero attached hydrogens (tertiary/aromatic N) is 1. The molecule has 2 aromatic rings. The van der Waals surface area contributed by atoms with Crippen LogP contribution in [0.1, 0.15) is 36.3 Å². The van der Waals surface area contributed by atoms with Crippen molar-refractivity contribution in [2.45, 2.75) is 30.7 Å². The van der Waals surface area contributed by atoms with Crippen LogP contribution in [0.25, 0.3) is 5.57 Å². The van der Waals surface area contributed by atoms with Crippen LogP contribution in [0.4, 0.5) is 0 Å². The Kier molecular flexibility index (Phi) is 4.95. The molecule has 27 heavy (non-hydrogen) atoms. The van der Waals surface area contributed by atoms with Gasteiger partial charge in [0.2, 0.25) is 0 Å². The van der Waals surface area contributed by atoms with Gasteiger partial charge in [0.1, 0.15) is 5.54 Å². The number of aliphatic carboxylic acids is 1. The molecule has 2 aromatic carbocycles. The molecular formula is C24H25NO2. The van der Waals surface area contributed by atoms with Crippen LogP contribution in [0.15, 0.2) is 78.9 Å². The molecule has 3 heteroatoms. The molecule has 1 atom stereocenters. The number of hydrogen-bond donors (Lipinski definition) is 1. The number of allylic oxidation sites excluding steroid dienone is 2. The molecular weight excluding hydrogens is 334 g/mol. The van der Waals surface area contributed by atoms with E-state index in [1.165, 1.54) is 5.56 Å². The fourth-order valence-corrected chi connectivity index (χ4v) is 4.34. The Labute approximate surface area is 160 Å². The zero-order valence-electron chi connectivity index (χ0n) is 15.4. The predicted molar refractivity (Wildman–Crippen MR) is 109 cm³/mol. The number of rotatable bonds is 4. The number of likely N-dealkylation sites (tertiary alicyclic amines) is 1. The largest absolute Gasteiger partial charge is 0.480 e. The van der Waals surface area contributed by atoms with Crippen LogP contribution >= 0.6 is 0 Å². The van der Waals surface area contributed by atoms with E-state index in [4.69, 9.17) is 0 Å². The molecule has 1 N–H and O–H groups in total. The van der Waals surface area contributed by atoms with Gasteiger partial charge in [0.25, 0.3) is 0 Å². The first-order valence-electron chi connectivity index (χ1n) is 9.67. The van der Waals surface area contributed by atoms with E-state index >= 15 is 0 Å². The van der Waals surface area contributed by atoms with Crippen LogP contribution in [0, 0.1) is 0 Å². The summed E-state index contributed by atoms with van der Waals surface area (Å²) in [7, 11) is 0. The fourth-order valence-electron chi connectivity index (χ4n) is 4.34. The van der Waals surface area contributed by atoms with Crippen LogP contribution in [0.3, 0.4) is 0 Å². The summed E-state index contributed by atoms with van der Waals surface area (Å²) in [6, 6.07) is 20.7. The normalized spacial score (nSPS) is 23.8. The van der Waals surface area contributed by atoms with Gasteiger partial charge in [-0.2, -0.15) is 0 Å². The highest BCUT2D eigenvalue weighted by Gasteiger charge is 2.43. The Hall–Kier alpha value is -2.65. The molecule has 0 amide bonds. The predicted octanol–water partition coefficient (Wildman–Crippen LogP) is 4.73. The zero-order chi connectivity index (χ0) is 18.7. The zero-order valence-corrected chi connectivity index (χ0v) is 15.4. The van der Waals surface area contributed by atoms with Crippen molar-refractivity contribution in [2.75, 3.05) is 13.1 Å². The molecule has 1 saturated heterocycles. The number of benzene rings is 2. The highest BCUT2D eigenvalue weighted by atomic mass is 16.4. The molecule has 4 rings (SSSR count). The van der Waals surface area contributed by atoms with Crippen molar-refractivity contribution in [3.05, 3.63) is 90.0 Å². The lowest BCUT2D eigenvalue weighted by Crippen LogP contribution is -2.56. The van der Waals surface area contributed by atoms with E-state index in [0.717, 1.165) is 37.1 Å². The monoisotopic (exact) mass is 359 g/mol. The summed E-state index contributed by atoms with van der Waals surface area (Å²) in [5.41, 5.74) is 2.69. The maximum absolute atomic E-state index is 12.2. The Morgan fingerprint density at radius 2 is 1.59 bits per heavy atom. The first-order chi connectivity index (χ1) is 13.2. The standard InChI is InChI=1S/C24H25NO2/c26-23(27)24(15-11-21(12-16-24)19-7-3-1-4-8-19)25-17-13-22(14-18-25)20-9-5-2-6-10-20/h1-12,15,22H,13-14,16-18H2,(H,26,27). The summed E-state index contributed by atoms with van der Waals surface area (Å²) in [4.78, 5) is 14.4. The molecule has 2 aliphatic rings. The summed E-state index contributed by atoms with van der Waals surface area (Å²) in [5, 5.41) is 10.1. The summed E-state index contributed by atoms with van der Waals surface area (Å²) in [6.45, 7) is 1.62. The highest BCUT2D eigenvalue weighted by Crippen LogP contribution is 2.36. The minimum absolute atomic E-state index is 0.513. The van der Waals surface area contributed by atoms with Crippen molar-refractivity contribution in [3.8, 4) is 0 Å². The van der Waals surface area contributed by atoms with E-state index in [0.29, 0.717) is 12.3 Å². The molecule has 1 aliphatic heterocycles. The van der Waals surface area contributed by atoms with Crippen LogP contribution in [0.2, 0.25) is 0 Å². The van der Waals surface area contributed by atoms with Gasteiger partial charge in [0.05, 0.1) is 0 Å². The molecule has 0 saturated carbocycles. The molecule has 0 bridgehead atoms. The van der Waals surface area contributed by atoms with Crippen LogP contribution in [0.5, 0.6) is 0 Å². The summed E-state index contributed by atoms with van der Waals surface area (Å²) in [5.74, 6) is -0.225. The number of carboxylic acid groups (broad SMARTS) is 1. The maximum Gasteiger partial charge on any atom is 0.328 e. The summed E-state index contributed by atoms with van der Waals surface area (Å²) >= 11 is 0. The molecule has 3 nitrogen and oxygen atoms in total. The second-order valence-corrected chi connectivity index (χ2v) is 7.46. The van der Waals surface area contributed by atoms with Gasteiger partial charge in [-0.3, -0.25) is 4.90 Å². The third-order valence-electron chi connectivity index (χ3n) is 5.98. The Balaban J connectivity index is 1.49. The second kappa shape index (κ2) is 7.53. The Bertz CT molecular complexity index is 848. The first kappa shape index (κ1) is 17.7. The Morgan fingerprint density at radius 1 is 0.963 bits per heavy atom. The third kappa shape index (κ3) is 3.47. The first-order valence-corrected chi connectivity index (χ1v) is 9.67. The van der Waals surface area contributed by atoms with E-state index in [1.54, 1.807) is 0 Å². The van der Waals surface area contributed by atoms with Gasteiger partial charge in [-0.25, -0.2) is 4.79 Å². The fraction of sp³-hybridized carbons (Fsp3) is 0.292. The van der Waals surface area contributed by atoms with Crippen molar-refractivity contribution in [1.82, 2.24) is 4.90 Å². The summed E-state index contributed by atoms with van der Waals surface area (Å²) < 4.78 is 0. The van der Waals surface area contributed by atoms with E-state index in [9.17, 15) is 9.90 Å². The molecule has 0 radical (unpaired) electrons. The van der Waals surface area contributed by atoms with Crippen LogP contribution in [-0.2, 0) is 4.79 Å². The molecule has 1 unspecified atom stereocenters. The SMILES string of the molecule is O=C(O)C1(N2CCC(c3ccccc3)CC2)C=CC(c2ccccc2)=CC1. The van der Waals surface area contributed by atoms with Gasteiger partial charge in [-0.1, -0.05) is 78.9 Å². The van der Waals surface area contributed by atoms with Gasteiger partial charge >= 0.3 is 5.97 Å². The Morgan fingerprint density at radius 3 is 2.15 bits per heavy atom. The lowest BCUT2D eigenvalue weighted by atomic mass is 9.81. The molecule has 138 valence electrons. The molecule has 0 aromatic heterocycles. The van der Waals surface area contributed by atoms with Gasteiger partial charge in [0.15, 0.2) is 0 Å². The van der Waals surface area contributed by atoms with Crippen LogP contribution < -0.4 is 0 Å². The van der Waals surface area contributed by atoms with Crippen molar-refractivity contribution in [2.24, 2.45) is 0 Å². The van der Waals surface area contributed by atoms with Gasteiger partial charge in [0, 0.05) is 13.1 Å². The quantitative estimate of drug-likeness (QED) is 0.858. The molecule has 1 aliphatic carbocycles. The highest BCUT2D eigenvalue weighted by molar-refractivity contribution is 5.86. The molecule has 0 spiro atoms. The molecule has 1 fully saturated rings. The lowest BCUT2D eigenvalue weighted by Gasteiger charge is -2.43. The van der Waals surface area contributed by atoms with E-state index in [-0.39, 0.29) is 0 Å². The minimum atomic E-state index is -0.917. The average Bonchev–Trinajstić information content (AvgIpc) is 2.75. The maximum atomic E-state index is 12.2. The summed E-state index contributed by atoms with van der Waals surface area (Å²) in [6.07, 6.45) is 8.48. The van der Waals surface area contributed by atoms with Crippen molar-refractivity contribution < 1.29 is 9.90 Å². The molecule has 1 heterocycles. The van der Waals surface area contributed by atoms with Crippen molar-refractivity contribution >= 4 is 11.5 Å².